The number of nitrogens with zero attached hydrogens (tertiary/aromatic N) is 2. The highest BCUT2D eigenvalue weighted by molar-refractivity contribution is 6.30. The van der Waals surface area contributed by atoms with E-state index in [0.717, 1.165) is 24.3 Å². The summed E-state index contributed by atoms with van der Waals surface area (Å²) < 4.78 is 69.3. The Morgan fingerprint density at radius 1 is 0.529 bits per heavy atom. The van der Waals surface area contributed by atoms with Crippen molar-refractivity contribution in [2.24, 2.45) is 0 Å². The highest BCUT2D eigenvalue weighted by Gasteiger charge is 2.21. The lowest BCUT2D eigenvalue weighted by molar-refractivity contribution is 0.508. The quantitative estimate of drug-likeness (QED) is 0.210. The maximum atomic E-state index is 14.1. The maximum Gasteiger partial charge on any atom is 0.161 e. The first-order valence-corrected chi connectivity index (χ1v) is 10.2. The zero-order chi connectivity index (χ0) is 24.2. The van der Waals surface area contributed by atoms with Crippen molar-refractivity contribution in [2.75, 3.05) is 21.1 Å². The molecule has 4 aromatic carbocycles. The fourth-order valence-corrected chi connectivity index (χ4v) is 3.24. The van der Waals surface area contributed by atoms with E-state index in [1.54, 1.807) is 30.3 Å². The molecule has 4 rings (SSSR count). The van der Waals surface area contributed by atoms with Crippen LogP contribution in [0.3, 0.4) is 0 Å². The Hall–Kier alpha value is -3.98. The highest BCUT2D eigenvalue weighted by atomic mass is 35.5. The van der Waals surface area contributed by atoms with Crippen molar-refractivity contribution in [3.63, 3.8) is 0 Å². The molecule has 0 fully saturated rings. The smallest absolute Gasteiger partial charge is 0.161 e. The molecular formula is C24H16ClF5N4. The second-order valence-electron chi connectivity index (χ2n) is 7.06. The molecule has 0 aromatic heterocycles. The van der Waals surface area contributed by atoms with Gasteiger partial charge in [-0.05, 0) is 54.6 Å². The fraction of sp³-hybridized carbons (Fsp3) is 0. The molecule has 0 amide bonds. The van der Waals surface area contributed by atoms with Crippen molar-refractivity contribution >= 4 is 34.4 Å². The standard InChI is InChI=1S/C24H16ClF5N4/c25-15-3-1-5-17(11-15)31-33(19-6-2-4-16(26)12-19)34(20-8-10-22(28)24(30)14-20)32-18-7-9-21(27)23(29)13-18/h1-14,31-32H. The molecule has 0 aliphatic rings. The van der Waals surface area contributed by atoms with Crippen molar-refractivity contribution in [3.8, 4) is 0 Å². The summed E-state index contributed by atoms with van der Waals surface area (Å²) in [4.78, 5) is 0. The summed E-state index contributed by atoms with van der Waals surface area (Å²) in [6, 6.07) is 18.0. The van der Waals surface area contributed by atoms with Gasteiger partial charge in [-0.3, -0.25) is 10.9 Å². The van der Waals surface area contributed by atoms with Crippen LogP contribution in [0.1, 0.15) is 0 Å². The molecule has 0 aliphatic heterocycles. The van der Waals surface area contributed by atoms with E-state index in [1.165, 1.54) is 40.6 Å². The lowest BCUT2D eigenvalue weighted by Gasteiger charge is -2.38. The average molecular weight is 491 g/mol. The van der Waals surface area contributed by atoms with Crippen LogP contribution >= 0.6 is 11.6 Å². The molecule has 0 saturated heterocycles. The Morgan fingerprint density at radius 3 is 1.74 bits per heavy atom. The van der Waals surface area contributed by atoms with Crippen LogP contribution in [-0.2, 0) is 0 Å². The van der Waals surface area contributed by atoms with E-state index >= 15 is 0 Å². The molecule has 0 atom stereocenters. The van der Waals surface area contributed by atoms with Gasteiger partial charge in [0.15, 0.2) is 23.3 Å². The Kier molecular flexibility index (Phi) is 6.74. The molecule has 0 heterocycles. The molecule has 0 unspecified atom stereocenters. The molecule has 0 radical (unpaired) electrons. The minimum Gasteiger partial charge on any atom is -0.278 e. The zero-order valence-electron chi connectivity index (χ0n) is 17.2. The lowest BCUT2D eigenvalue weighted by Crippen LogP contribution is -2.50. The van der Waals surface area contributed by atoms with Crippen molar-refractivity contribution in [3.05, 3.63) is 119 Å². The van der Waals surface area contributed by atoms with Crippen molar-refractivity contribution in [2.45, 2.75) is 0 Å². The Labute approximate surface area is 196 Å². The maximum absolute atomic E-state index is 14.1. The first kappa shape index (κ1) is 23.2. The summed E-state index contributed by atoms with van der Waals surface area (Å²) in [5, 5.41) is 2.84. The third kappa shape index (κ3) is 5.32. The van der Waals surface area contributed by atoms with Crippen LogP contribution in [0.2, 0.25) is 5.02 Å². The molecule has 0 saturated carbocycles. The van der Waals surface area contributed by atoms with E-state index in [9.17, 15) is 22.0 Å². The van der Waals surface area contributed by atoms with Crippen molar-refractivity contribution in [1.82, 2.24) is 0 Å². The van der Waals surface area contributed by atoms with Gasteiger partial charge in [0.1, 0.15) is 5.82 Å². The highest BCUT2D eigenvalue weighted by Crippen LogP contribution is 2.28. The summed E-state index contributed by atoms with van der Waals surface area (Å²) >= 11 is 6.08. The van der Waals surface area contributed by atoms with Crippen LogP contribution in [0, 0.1) is 29.1 Å². The van der Waals surface area contributed by atoms with Crippen molar-refractivity contribution in [1.29, 1.82) is 0 Å². The molecule has 4 nitrogen and oxygen atoms in total. The normalized spacial score (nSPS) is 10.6. The van der Waals surface area contributed by atoms with Crippen LogP contribution < -0.4 is 21.1 Å². The van der Waals surface area contributed by atoms with Gasteiger partial charge in [-0.15, -0.1) is 0 Å². The van der Waals surface area contributed by atoms with E-state index in [1.807, 2.05) is 0 Å². The van der Waals surface area contributed by atoms with Crippen LogP contribution in [0.5, 0.6) is 0 Å². The number of halogens is 6. The third-order valence-electron chi connectivity index (χ3n) is 4.61. The second-order valence-corrected chi connectivity index (χ2v) is 7.50. The molecule has 2 N–H and O–H groups in total. The lowest BCUT2D eigenvalue weighted by atomic mass is 10.3. The van der Waals surface area contributed by atoms with E-state index in [0.29, 0.717) is 10.7 Å². The van der Waals surface area contributed by atoms with Gasteiger partial charge in [-0.1, -0.05) is 23.7 Å². The number of rotatable bonds is 7. The third-order valence-corrected chi connectivity index (χ3v) is 4.85. The van der Waals surface area contributed by atoms with Gasteiger partial charge in [-0.25, -0.2) is 22.0 Å². The number of anilines is 4. The van der Waals surface area contributed by atoms with Gasteiger partial charge in [-0.2, -0.15) is 10.2 Å². The monoisotopic (exact) mass is 490 g/mol. The molecule has 34 heavy (non-hydrogen) atoms. The number of hydrazine groups is 3. The van der Waals surface area contributed by atoms with E-state index < -0.39 is 29.1 Å². The summed E-state index contributed by atoms with van der Waals surface area (Å²) in [6.07, 6.45) is 0. The predicted molar refractivity (Wildman–Crippen MR) is 123 cm³/mol. The second kappa shape index (κ2) is 9.88. The molecule has 174 valence electrons. The number of nitrogens with one attached hydrogen (secondary N) is 2. The largest absolute Gasteiger partial charge is 0.278 e. The first-order chi connectivity index (χ1) is 16.3. The van der Waals surface area contributed by atoms with Crippen LogP contribution in [0.25, 0.3) is 0 Å². The van der Waals surface area contributed by atoms with Gasteiger partial charge in [0.2, 0.25) is 0 Å². The van der Waals surface area contributed by atoms with E-state index in [-0.39, 0.29) is 17.1 Å². The van der Waals surface area contributed by atoms with Gasteiger partial charge in [0.25, 0.3) is 0 Å². The molecule has 0 bridgehead atoms. The topological polar surface area (TPSA) is 30.5 Å². The summed E-state index contributed by atoms with van der Waals surface area (Å²) in [5.74, 6) is -5.01. The van der Waals surface area contributed by atoms with Crippen LogP contribution in [0.4, 0.5) is 44.7 Å². The Bertz CT molecular complexity index is 1320. The van der Waals surface area contributed by atoms with Crippen LogP contribution in [-0.4, -0.2) is 0 Å². The summed E-state index contributed by atoms with van der Waals surface area (Å²) in [7, 11) is 0. The van der Waals surface area contributed by atoms with Gasteiger partial charge in [0.05, 0.1) is 22.7 Å². The Balaban J connectivity index is 1.84. The zero-order valence-corrected chi connectivity index (χ0v) is 18.0. The molecule has 0 aliphatic carbocycles. The summed E-state index contributed by atoms with van der Waals surface area (Å²) in [5.41, 5.74) is 6.60. The van der Waals surface area contributed by atoms with Gasteiger partial charge >= 0.3 is 0 Å². The molecule has 4 aromatic rings. The number of benzene rings is 4. The molecule has 0 spiro atoms. The molecular weight excluding hydrogens is 475 g/mol. The molecule has 10 heteroatoms. The van der Waals surface area contributed by atoms with E-state index in [2.05, 4.69) is 10.9 Å². The fourth-order valence-electron chi connectivity index (χ4n) is 3.05. The minimum absolute atomic E-state index is 0.0439. The SMILES string of the molecule is Fc1cccc(N(Nc2cccc(Cl)c2)N(Nc2ccc(F)c(F)c2)c2ccc(F)c(F)c2)c1. The minimum atomic E-state index is -1.16. The number of hydrogen-bond acceptors (Lipinski definition) is 4. The Morgan fingerprint density at radius 2 is 1.12 bits per heavy atom. The predicted octanol–water partition coefficient (Wildman–Crippen LogP) is 7.32. The van der Waals surface area contributed by atoms with Crippen LogP contribution in [0.15, 0.2) is 84.9 Å². The van der Waals surface area contributed by atoms with Gasteiger partial charge < -0.3 is 0 Å². The first-order valence-electron chi connectivity index (χ1n) is 9.85. The van der Waals surface area contributed by atoms with Crippen molar-refractivity contribution < 1.29 is 22.0 Å². The average Bonchev–Trinajstić information content (AvgIpc) is 2.80. The van der Waals surface area contributed by atoms with E-state index in [4.69, 9.17) is 11.6 Å². The summed E-state index contributed by atoms with van der Waals surface area (Å²) in [6.45, 7) is 0. The number of hydrogen-bond donors (Lipinski definition) is 2. The van der Waals surface area contributed by atoms with Gasteiger partial charge in [0, 0.05) is 23.2 Å².